The Kier molecular flexibility index (Phi) is 4.12. The highest BCUT2D eigenvalue weighted by Gasteiger charge is 2.11. The first kappa shape index (κ1) is 12.0. The van der Waals surface area contributed by atoms with Crippen LogP contribution in [-0.2, 0) is 16.1 Å². The molecule has 0 bridgehead atoms. The average Bonchev–Trinajstić information content (AvgIpc) is 2.15. The molecule has 1 N–H and O–H groups in total. The molecular formula is C11H13ClO3. The number of rotatable bonds is 4. The van der Waals surface area contributed by atoms with Crippen LogP contribution in [0.4, 0.5) is 0 Å². The van der Waals surface area contributed by atoms with Crippen molar-refractivity contribution in [2.75, 3.05) is 0 Å². The van der Waals surface area contributed by atoms with Gasteiger partial charge in [0.25, 0.3) is 0 Å². The van der Waals surface area contributed by atoms with E-state index in [-0.39, 0.29) is 6.61 Å². The monoisotopic (exact) mass is 228 g/mol. The molecular weight excluding hydrogens is 216 g/mol. The van der Waals surface area contributed by atoms with Crippen molar-refractivity contribution in [2.24, 2.45) is 0 Å². The lowest BCUT2D eigenvalue weighted by Gasteiger charge is -2.09. The maximum absolute atomic E-state index is 10.5. The number of benzene rings is 1. The van der Waals surface area contributed by atoms with E-state index in [0.717, 1.165) is 11.1 Å². The van der Waals surface area contributed by atoms with Gasteiger partial charge in [-0.25, -0.2) is 4.79 Å². The largest absolute Gasteiger partial charge is 0.479 e. The highest BCUT2D eigenvalue weighted by molar-refractivity contribution is 6.31. The van der Waals surface area contributed by atoms with Crippen LogP contribution < -0.4 is 0 Å². The quantitative estimate of drug-likeness (QED) is 0.862. The van der Waals surface area contributed by atoms with Crippen molar-refractivity contribution in [1.82, 2.24) is 0 Å². The molecule has 82 valence electrons. The topological polar surface area (TPSA) is 46.5 Å². The van der Waals surface area contributed by atoms with Crippen LogP contribution in [0.3, 0.4) is 0 Å². The minimum atomic E-state index is -0.974. The summed E-state index contributed by atoms with van der Waals surface area (Å²) in [5.41, 5.74) is 1.87. The highest BCUT2D eigenvalue weighted by Crippen LogP contribution is 2.18. The smallest absolute Gasteiger partial charge is 0.332 e. The SMILES string of the molecule is Cc1ccc(COC(C)C(=O)O)c(Cl)c1. The Balaban J connectivity index is 2.62. The summed E-state index contributed by atoms with van der Waals surface area (Å²) in [5, 5.41) is 9.22. The van der Waals surface area contributed by atoms with E-state index in [9.17, 15) is 4.79 Å². The van der Waals surface area contributed by atoms with Gasteiger partial charge in [-0.05, 0) is 31.0 Å². The summed E-state index contributed by atoms with van der Waals surface area (Å²) >= 11 is 5.97. The van der Waals surface area contributed by atoms with Crippen LogP contribution in [-0.4, -0.2) is 17.2 Å². The summed E-state index contributed by atoms with van der Waals surface area (Å²) in [5.74, 6) is -0.974. The first-order valence-electron chi connectivity index (χ1n) is 4.60. The van der Waals surface area contributed by atoms with Gasteiger partial charge >= 0.3 is 5.97 Å². The zero-order valence-corrected chi connectivity index (χ0v) is 9.41. The molecule has 1 rings (SSSR count). The van der Waals surface area contributed by atoms with Gasteiger partial charge in [0, 0.05) is 5.02 Å². The molecule has 0 spiro atoms. The van der Waals surface area contributed by atoms with Gasteiger partial charge in [0.15, 0.2) is 6.10 Å². The molecule has 0 amide bonds. The molecule has 0 heterocycles. The van der Waals surface area contributed by atoms with Crippen LogP contribution in [0.25, 0.3) is 0 Å². The number of hydrogen-bond donors (Lipinski definition) is 1. The Morgan fingerprint density at radius 1 is 1.60 bits per heavy atom. The summed E-state index contributed by atoms with van der Waals surface area (Å²) < 4.78 is 5.13. The third-order valence-electron chi connectivity index (χ3n) is 2.05. The number of ether oxygens (including phenoxy) is 1. The van der Waals surface area contributed by atoms with Crippen molar-refractivity contribution in [1.29, 1.82) is 0 Å². The molecule has 0 aliphatic heterocycles. The minimum absolute atomic E-state index is 0.215. The summed E-state index contributed by atoms with van der Waals surface area (Å²) in [6.07, 6.45) is -0.817. The van der Waals surface area contributed by atoms with Crippen molar-refractivity contribution in [3.63, 3.8) is 0 Å². The first-order chi connectivity index (χ1) is 7.00. The summed E-state index contributed by atoms with van der Waals surface area (Å²) in [7, 11) is 0. The number of aryl methyl sites for hydroxylation is 1. The van der Waals surface area contributed by atoms with Crippen LogP contribution in [0.1, 0.15) is 18.1 Å². The third-order valence-corrected chi connectivity index (χ3v) is 2.40. The van der Waals surface area contributed by atoms with Gasteiger partial charge in [0.05, 0.1) is 6.61 Å². The van der Waals surface area contributed by atoms with E-state index in [2.05, 4.69) is 0 Å². The molecule has 1 unspecified atom stereocenters. The van der Waals surface area contributed by atoms with E-state index >= 15 is 0 Å². The van der Waals surface area contributed by atoms with E-state index in [1.54, 1.807) is 0 Å². The number of hydrogen-bond acceptors (Lipinski definition) is 2. The highest BCUT2D eigenvalue weighted by atomic mass is 35.5. The molecule has 3 nitrogen and oxygen atoms in total. The standard InChI is InChI=1S/C11H13ClO3/c1-7-3-4-9(10(12)5-7)6-15-8(2)11(13)14/h3-5,8H,6H2,1-2H3,(H,13,14). The summed E-state index contributed by atoms with van der Waals surface area (Å²) in [6, 6.07) is 5.58. The predicted octanol–water partition coefficient (Wildman–Crippen LogP) is 2.64. The van der Waals surface area contributed by atoms with E-state index in [0.29, 0.717) is 5.02 Å². The first-order valence-corrected chi connectivity index (χ1v) is 4.98. The zero-order valence-electron chi connectivity index (χ0n) is 8.66. The van der Waals surface area contributed by atoms with Crippen molar-refractivity contribution < 1.29 is 14.6 Å². The van der Waals surface area contributed by atoms with Gasteiger partial charge < -0.3 is 9.84 Å². The summed E-state index contributed by atoms with van der Waals surface area (Å²) in [4.78, 5) is 10.5. The summed E-state index contributed by atoms with van der Waals surface area (Å²) in [6.45, 7) is 3.65. The van der Waals surface area contributed by atoms with Crippen LogP contribution in [0, 0.1) is 6.92 Å². The van der Waals surface area contributed by atoms with E-state index in [1.165, 1.54) is 6.92 Å². The lowest BCUT2D eigenvalue weighted by atomic mass is 10.1. The lowest BCUT2D eigenvalue weighted by molar-refractivity contribution is -0.149. The van der Waals surface area contributed by atoms with E-state index < -0.39 is 12.1 Å². The Morgan fingerprint density at radius 2 is 2.27 bits per heavy atom. The van der Waals surface area contributed by atoms with Gasteiger partial charge in [-0.2, -0.15) is 0 Å². The van der Waals surface area contributed by atoms with Crippen molar-refractivity contribution in [3.8, 4) is 0 Å². The molecule has 4 heteroatoms. The molecule has 0 aliphatic carbocycles. The van der Waals surface area contributed by atoms with Gasteiger partial charge in [-0.1, -0.05) is 23.7 Å². The van der Waals surface area contributed by atoms with Crippen molar-refractivity contribution in [2.45, 2.75) is 26.6 Å². The Labute approximate surface area is 93.6 Å². The Morgan fingerprint density at radius 3 is 2.80 bits per heavy atom. The molecule has 0 saturated heterocycles. The average molecular weight is 229 g/mol. The van der Waals surface area contributed by atoms with Gasteiger partial charge in [0.2, 0.25) is 0 Å². The fourth-order valence-corrected chi connectivity index (χ4v) is 1.35. The number of carbonyl (C=O) groups is 1. The fourth-order valence-electron chi connectivity index (χ4n) is 1.06. The molecule has 0 aliphatic rings. The lowest BCUT2D eigenvalue weighted by Crippen LogP contribution is -2.19. The molecule has 0 saturated carbocycles. The van der Waals surface area contributed by atoms with Crippen LogP contribution in [0.2, 0.25) is 5.02 Å². The number of aliphatic carboxylic acids is 1. The van der Waals surface area contributed by atoms with Crippen LogP contribution in [0.15, 0.2) is 18.2 Å². The number of halogens is 1. The Bertz CT molecular complexity index is 363. The molecule has 15 heavy (non-hydrogen) atoms. The molecule has 1 atom stereocenters. The molecule has 1 aromatic carbocycles. The number of carboxylic acids is 1. The second-order valence-electron chi connectivity index (χ2n) is 3.39. The van der Waals surface area contributed by atoms with Crippen molar-refractivity contribution >= 4 is 17.6 Å². The van der Waals surface area contributed by atoms with E-state index in [1.807, 2.05) is 25.1 Å². The number of carboxylic acid groups (broad SMARTS) is 1. The minimum Gasteiger partial charge on any atom is -0.479 e. The molecule has 0 fully saturated rings. The van der Waals surface area contributed by atoms with Gasteiger partial charge in [-0.3, -0.25) is 0 Å². The fraction of sp³-hybridized carbons (Fsp3) is 0.364. The molecule has 0 radical (unpaired) electrons. The second kappa shape index (κ2) is 5.14. The third kappa shape index (κ3) is 3.53. The molecule has 1 aromatic rings. The zero-order chi connectivity index (χ0) is 11.4. The van der Waals surface area contributed by atoms with Crippen LogP contribution in [0.5, 0.6) is 0 Å². The van der Waals surface area contributed by atoms with Crippen molar-refractivity contribution in [3.05, 3.63) is 34.3 Å². The van der Waals surface area contributed by atoms with Crippen LogP contribution >= 0.6 is 11.6 Å². The maximum Gasteiger partial charge on any atom is 0.332 e. The second-order valence-corrected chi connectivity index (χ2v) is 3.79. The van der Waals surface area contributed by atoms with E-state index in [4.69, 9.17) is 21.4 Å². The van der Waals surface area contributed by atoms with Gasteiger partial charge in [-0.15, -0.1) is 0 Å². The Hall–Kier alpha value is -1.06. The normalized spacial score (nSPS) is 12.5. The van der Waals surface area contributed by atoms with Gasteiger partial charge in [0.1, 0.15) is 0 Å². The molecule has 0 aromatic heterocycles. The predicted molar refractivity (Wildman–Crippen MR) is 58.1 cm³/mol. The maximum atomic E-state index is 10.5.